The molecule has 0 rings (SSSR count). The van der Waals surface area contributed by atoms with Crippen LogP contribution in [0.25, 0.3) is 0 Å². The highest BCUT2D eigenvalue weighted by atomic mass is 16.5. The molecule has 0 spiro atoms. The largest absolute Gasteiger partial charge is 0.465 e. The maximum atomic E-state index is 11.7. The van der Waals surface area contributed by atoms with E-state index >= 15 is 0 Å². The third kappa shape index (κ3) is 4.61. The fraction of sp³-hybridized carbons (Fsp3) is 0.818. The van der Waals surface area contributed by atoms with E-state index in [0.717, 1.165) is 0 Å². The van der Waals surface area contributed by atoms with E-state index in [1.165, 1.54) is 0 Å². The van der Waals surface area contributed by atoms with Gasteiger partial charge in [0.1, 0.15) is 6.04 Å². The van der Waals surface area contributed by atoms with Gasteiger partial charge in [-0.05, 0) is 27.2 Å². The molecule has 94 valence electrons. The molecule has 2 N–H and O–H groups in total. The van der Waals surface area contributed by atoms with E-state index in [9.17, 15) is 9.59 Å². The fourth-order valence-corrected chi connectivity index (χ4v) is 1.61. The number of nitrogens with two attached hydrogens (primary N) is 1. The molecule has 5 nitrogen and oxygen atoms in total. The van der Waals surface area contributed by atoms with Crippen molar-refractivity contribution >= 4 is 11.9 Å². The average Bonchev–Trinajstić information content (AvgIpc) is 2.17. The Kier molecular flexibility index (Phi) is 6.72. The number of ether oxygens (including phenoxy) is 1. The smallest absolute Gasteiger partial charge is 0.323 e. The Morgan fingerprint density at radius 3 is 2.19 bits per heavy atom. The predicted molar refractivity (Wildman–Crippen MR) is 61.7 cm³/mol. The minimum atomic E-state index is -0.434. The van der Waals surface area contributed by atoms with Crippen molar-refractivity contribution in [3.63, 3.8) is 0 Å². The van der Waals surface area contributed by atoms with Crippen molar-refractivity contribution in [2.75, 3.05) is 13.2 Å². The minimum Gasteiger partial charge on any atom is -0.465 e. The Labute approximate surface area is 96.9 Å². The van der Waals surface area contributed by atoms with Crippen LogP contribution < -0.4 is 5.73 Å². The molecule has 0 aliphatic carbocycles. The van der Waals surface area contributed by atoms with Gasteiger partial charge >= 0.3 is 5.97 Å². The van der Waals surface area contributed by atoms with Crippen LogP contribution in [0.3, 0.4) is 0 Å². The van der Waals surface area contributed by atoms with Gasteiger partial charge in [-0.3, -0.25) is 14.5 Å². The SMILES string of the molecule is CCOC(=O)C(CC)N(CC(N)=O)C(C)C. The average molecular weight is 230 g/mol. The molecule has 0 saturated heterocycles. The van der Waals surface area contributed by atoms with Gasteiger partial charge in [-0.15, -0.1) is 0 Å². The summed E-state index contributed by atoms with van der Waals surface area (Å²) in [7, 11) is 0. The standard InChI is InChI=1S/C11H22N2O3/c1-5-9(11(15)16-6-2)13(8(3)4)7-10(12)14/h8-9H,5-7H2,1-4H3,(H2,12,14). The molecule has 0 aliphatic rings. The number of carbonyl (C=O) groups excluding carboxylic acids is 2. The zero-order chi connectivity index (χ0) is 12.7. The van der Waals surface area contributed by atoms with Crippen molar-refractivity contribution in [1.29, 1.82) is 0 Å². The van der Waals surface area contributed by atoms with Crippen LogP contribution in [0, 0.1) is 0 Å². The Morgan fingerprint density at radius 1 is 1.31 bits per heavy atom. The van der Waals surface area contributed by atoms with Gasteiger partial charge in [0.2, 0.25) is 5.91 Å². The van der Waals surface area contributed by atoms with E-state index in [0.29, 0.717) is 13.0 Å². The summed E-state index contributed by atoms with van der Waals surface area (Å²) in [6, 6.07) is -0.325. The van der Waals surface area contributed by atoms with E-state index in [4.69, 9.17) is 10.5 Å². The first-order valence-corrected chi connectivity index (χ1v) is 5.64. The van der Waals surface area contributed by atoms with E-state index in [2.05, 4.69) is 0 Å². The number of rotatable bonds is 7. The third-order valence-corrected chi connectivity index (χ3v) is 2.35. The highest BCUT2D eigenvalue weighted by Crippen LogP contribution is 2.10. The van der Waals surface area contributed by atoms with Gasteiger partial charge in [0.25, 0.3) is 0 Å². The lowest BCUT2D eigenvalue weighted by Gasteiger charge is -2.31. The van der Waals surface area contributed by atoms with Gasteiger partial charge in [0.15, 0.2) is 0 Å². The fourth-order valence-electron chi connectivity index (χ4n) is 1.61. The molecule has 0 aromatic heterocycles. The van der Waals surface area contributed by atoms with Crippen LogP contribution in [-0.2, 0) is 14.3 Å². The van der Waals surface area contributed by atoms with Crippen LogP contribution in [0.1, 0.15) is 34.1 Å². The summed E-state index contributed by atoms with van der Waals surface area (Å²) in [5, 5.41) is 0. The highest BCUT2D eigenvalue weighted by Gasteiger charge is 2.28. The Bertz CT molecular complexity index is 241. The highest BCUT2D eigenvalue weighted by molar-refractivity contribution is 5.79. The summed E-state index contributed by atoms with van der Waals surface area (Å²) in [6.45, 7) is 7.92. The van der Waals surface area contributed by atoms with Crippen molar-refractivity contribution < 1.29 is 14.3 Å². The second-order valence-electron chi connectivity index (χ2n) is 3.91. The lowest BCUT2D eigenvalue weighted by molar-refractivity contribution is -0.150. The number of hydrogen-bond donors (Lipinski definition) is 1. The summed E-state index contributed by atoms with van der Waals surface area (Å²) >= 11 is 0. The van der Waals surface area contributed by atoms with Crippen molar-refractivity contribution in [1.82, 2.24) is 4.90 Å². The molecule has 0 aromatic rings. The molecule has 5 heteroatoms. The molecule has 0 aliphatic heterocycles. The second-order valence-corrected chi connectivity index (χ2v) is 3.91. The molecule has 0 saturated carbocycles. The van der Waals surface area contributed by atoms with Gasteiger partial charge in [-0.25, -0.2) is 0 Å². The number of carbonyl (C=O) groups is 2. The van der Waals surface area contributed by atoms with Crippen molar-refractivity contribution in [3.8, 4) is 0 Å². The first kappa shape index (κ1) is 14.9. The molecule has 0 bridgehead atoms. The maximum Gasteiger partial charge on any atom is 0.323 e. The quantitative estimate of drug-likeness (QED) is 0.647. The summed E-state index contributed by atoms with van der Waals surface area (Å²) in [6.07, 6.45) is 0.601. The Balaban J connectivity index is 4.70. The van der Waals surface area contributed by atoms with Crippen LogP contribution in [0.15, 0.2) is 0 Å². The molecule has 0 radical (unpaired) electrons. The number of hydrogen-bond acceptors (Lipinski definition) is 4. The normalized spacial score (nSPS) is 12.9. The second kappa shape index (κ2) is 7.22. The van der Waals surface area contributed by atoms with E-state index in [1.54, 1.807) is 11.8 Å². The zero-order valence-corrected chi connectivity index (χ0v) is 10.5. The third-order valence-electron chi connectivity index (χ3n) is 2.35. The molecule has 1 atom stereocenters. The topological polar surface area (TPSA) is 72.6 Å². The molecule has 0 fully saturated rings. The van der Waals surface area contributed by atoms with Gasteiger partial charge in [-0.2, -0.15) is 0 Å². The van der Waals surface area contributed by atoms with Crippen molar-refractivity contribution in [3.05, 3.63) is 0 Å². The summed E-state index contributed by atoms with van der Waals surface area (Å²) in [5.74, 6) is -0.726. The molecule has 0 aromatic carbocycles. The summed E-state index contributed by atoms with van der Waals surface area (Å²) in [4.78, 5) is 24.4. The number of amides is 1. The molecule has 1 amide bonds. The molecule has 16 heavy (non-hydrogen) atoms. The number of primary amides is 1. The molecule has 1 unspecified atom stereocenters. The first-order valence-electron chi connectivity index (χ1n) is 5.64. The van der Waals surface area contributed by atoms with Crippen LogP contribution in [-0.4, -0.2) is 42.0 Å². The maximum absolute atomic E-state index is 11.7. The lowest BCUT2D eigenvalue weighted by Crippen LogP contribution is -2.49. The Hall–Kier alpha value is -1.10. The summed E-state index contributed by atoms with van der Waals surface area (Å²) < 4.78 is 4.97. The van der Waals surface area contributed by atoms with E-state index in [-0.39, 0.29) is 18.6 Å². The van der Waals surface area contributed by atoms with Crippen LogP contribution in [0.2, 0.25) is 0 Å². The number of esters is 1. The van der Waals surface area contributed by atoms with Gasteiger partial charge < -0.3 is 10.5 Å². The van der Waals surface area contributed by atoms with E-state index in [1.807, 2.05) is 20.8 Å². The molecular weight excluding hydrogens is 208 g/mol. The molecule has 0 heterocycles. The minimum absolute atomic E-state index is 0.0712. The van der Waals surface area contributed by atoms with Gasteiger partial charge in [0, 0.05) is 6.04 Å². The van der Waals surface area contributed by atoms with Gasteiger partial charge in [-0.1, -0.05) is 6.92 Å². The van der Waals surface area contributed by atoms with Crippen LogP contribution >= 0.6 is 0 Å². The zero-order valence-electron chi connectivity index (χ0n) is 10.5. The first-order chi connectivity index (χ1) is 7.43. The predicted octanol–water partition coefficient (Wildman–Crippen LogP) is 0.524. The Morgan fingerprint density at radius 2 is 1.88 bits per heavy atom. The lowest BCUT2D eigenvalue weighted by atomic mass is 10.1. The van der Waals surface area contributed by atoms with Crippen LogP contribution in [0.4, 0.5) is 0 Å². The van der Waals surface area contributed by atoms with Crippen molar-refractivity contribution in [2.24, 2.45) is 5.73 Å². The molecular formula is C11H22N2O3. The van der Waals surface area contributed by atoms with E-state index < -0.39 is 11.9 Å². The van der Waals surface area contributed by atoms with Crippen LogP contribution in [0.5, 0.6) is 0 Å². The summed E-state index contributed by atoms with van der Waals surface area (Å²) in [5.41, 5.74) is 5.17. The van der Waals surface area contributed by atoms with Crippen molar-refractivity contribution in [2.45, 2.75) is 46.2 Å². The van der Waals surface area contributed by atoms with Gasteiger partial charge in [0.05, 0.1) is 13.2 Å². The monoisotopic (exact) mass is 230 g/mol. The number of nitrogens with zero attached hydrogens (tertiary/aromatic N) is 1.